The molecule has 0 aliphatic rings. The Morgan fingerprint density at radius 2 is 2.25 bits per heavy atom. The van der Waals surface area contributed by atoms with Gasteiger partial charge in [-0.15, -0.1) is 0 Å². The summed E-state index contributed by atoms with van der Waals surface area (Å²) in [6, 6.07) is 5.03. The SMILES string of the molecule is CC[C@H](O)CNCc1cccc(OC)c1F. The number of aliphatic hydroxyl groups excluding tert-OH is 1. The lowest BCUT2D eigenvalue weighted by Crippen LogP contribution is -2.26. The van der Waals surface area contributed by atoms with Crippen LogP contribution >= 0.6 is 0 Å². The molecule has 16 heavy (non-hydrogen) atoms. The Labute approximate surface area is 95.2 Å². The number of hydrogen-bond acceptors (Lipinski definition) is 3. The van der Waals surface area contributed by atoms with Crippen LogP contribution in [0.15, 0.2) is 18.2 Å². The zero-order valence-electron chi connectivity index (χ0n) is 9.66. The molecule has 0 radical (unpaired) electrons. The molecule has 0 saturated heterocycles. The van der Waals surface area contributed by atoms with Crippen LogP contribution in [0, 0.1) is 5.82 Å². The number of halogens is 1. The van der Waals surface area contributed by atoms with Gasteiger partial charge < -0.3 is 15.2 Å². The van der Waals surface area contributed by atoms with Gasteiger partial charge in [0, 0.05) is 18.7 Å². The second-order valence-electron chi connectivity index (χ2n) is 3.63. The highest BCUT2D eigenvalue weighted by Gasteiger charge is 2.08. The van der Waals surface area contributed by atoms with E-state index in [1.54, 1.807) is 18.2 Å². The molecule has 90 valence electrons. The van der Waals surface area contributed by atoms with E-state index in [2.05, 4.69) is 5.32 Å². The van der Waals surface area contributed by atoms with Gasteiger partial charge in [0.05, 0.1) is 13.2 Å². The van der Waals surface area contributed by atoms with Crippen molar-refractivity contribution in [3.63, 3.8) is 0 Å². The molecule has 0 amide bonds. The molecule has 2 N–H and O–H groups in total. The van der Waals surface area contributed by atoms with Gasteiger partial charge >= 0.3 is 0 Å². The van der Waals surface area contributed by atoms with Crippen molar-refractivity contribution in [2.75, 3.05) is 13.7 Å². The molecule has 4 heteroatoms. The molecule has 1 aromatic carbocycles. The third-order valence-corrected chi connectivity index (χ3v) is 2.43. The van der Waals surface area contributed by atoms with Gasteiger partial charge in [-0.25, -0.2) is 4.39 Å². The fourth-order valence-corrected chi connectivity index (χ4v) is 1.37. The number of methoxy groups -OCH3 is 1. The van der Waals surface area contributed by atoms with E-state index >= 15 is 0 Å². The first-order valence-corrected chi connectivity index (χ1v) is 5.39. The van der Waals surface area contributed by atoms with Gasteiger partial charge in [-0.3, -0.25) is 0 Å². The number of hydrogen-bond donors (Lipinski definition) is 2. The summed E-state index contributed by atoms with van der Waals surface area (Å²) in [4.78, 5) is 0. The van der Waals surface area contributed by atoms with Crippen LogP contribution in [0.1, 0.15) is 18.9 Å². The third-order valence-electron chi connectivity index (χ3n) is 2.43. The van der Waals surface area contributed by atoms with Gasteiger partial charge in [-0.05, 0) is 12.5 Å². The molecule has 1 atom stereocenters. The number of nitrogens with one attached hydrogen (secondary N) is 1. The molecule has 1 aromatic rings. The van der Waals surface area contributed by atoms with E-state index in [1.807, 2.05) is 6.92 Å². The molecule has 0 fully saturated rings. The summed E-state index contributed by atoms with van der Waals surface area (Å²) in [5.41, 5.74) is 0.544. The van der Waals surface area contributed by atoms with E-state index in [9.17, 15) is 9.50 Å². The lowest BCUT2D eigenvalue weighted by Gasteiger charge is -2.11. The summed E-state index contributed by atoms with van der Waals surface area (Å²) in [7, 11) is 1.44. The fraction of sp³-hybridized carbons (Fsp3) is 0.500. The Balaban J connectivity index is 2.54. The van der Waals surface area contributed by atoms with E-state index in [4.69, 9.17) is 4.74 Å². The lowest BCUT2D eigenvalue weighted by molar-refractivity contribution is 0.167. The van der Waals surface area contributed by atoms with Gasteiger partial charge in [0.2, 0.25) is 0 Å². The van der Waals surface area contributed by atoms with Gasteiger partial charge in [-0.2, -0.15) is 0 Å². The van der Waals surface area contributed by atoms with E-state index in [0.717, 1.165) is 0 Å². The minimum atomic E-state index is -0.381. The Bertz CT molecular complexity index is 331. The zero-order chi connectivity index (χ0) is 12.0. The standard InChI is InChI=1S/C12H18FNO2/c1-3-10(15)8-14-7-9-5-4-6-11(16-2)12(9)13/h4-6,10,14-15H,3,7-8H2,1-2H3/t10-/m0/s1. The second kappa shape index (κ2) is 6.45. The van der Waals surface area contributed by atoms with Gasteiger partial charge in [0.1, 0.15) is 0 Å². The van der Waals surface area contributed by atoms with Crippen molar-refractivity contribution >= 4 is 0 Å². The average molecular weight is 227 g/mol. The monoisotopic (exact) mass is 227 g/mol. The minimum absolute atomic E-state index is 0.246. The van der Waals surface area contributed by atoms with Crippen molar-refractivity contribution in [2.45, 2.75) is 26.0 Å². The molecule has 0 heterocycles. The summed E-state index contributed by atoms with van der Waals surface area (Å²) in [6.45, 7) is 2.76. The number of benzene rings is 1. The van der Waals surface area contributed by atoms with Crippen LogP contribution in [0.25, 0.3) is 0 Å². The summed E-state index contributed by atoms with van der Waals surface area (Å²) in [5, 5.41) is 12.3. The fourth-order valence-electron chi connectivity index (χ4n) is 1.37. The van der Waals surface area contributed by atoms with Gasteiger partial charge in [-0.1, -0.05) is 19.1 Å². The maximum atomic E-state index is 13.7. The quantitative estimate of drug-likeness (QED) is 0.777. The number of rotatable bonds is 6. The summed E-state index contributed by atoms with van der Waals surface area (Å²) >= 11 is 0. The van der Waals surface area contributed by atoms with Crippen molar-refractivity contribution in [3.05, 3.63) is 29.6 Å². The molecule has 0 spiro atoms. The van der Waals surface area contributed by atoms with Crippen LogP contribution in [0.2, 0.25) is 0 Å². The molecule has 0 bridgehead atoms. The minimum Gasteiger partial charge on any atom is -0.494 e. The summed E-state index contributed by atoms with van der Waals surface area (Å²) < 4.78 is 18.5. The Kier molecular flexibility index (Phi) is 5.22. The van der Waals surface area contributed by atoms with Crippen LogP contribution in [-0.4, -0.2) is 24.9 Å². The van der Waals surface area contributed by atoms with Gasteiger partial charge in [0.15, 0.2) is 11.6 Å². The maximum absolute atomic E-state index is 13.7. The third kappa shape index (κ3) is 3.47. The highest BCUT2D eigenvalue weighted by Crippen LogP contribution is 2.19. The molecule has 0 aliphatic carbocycles. The first-order valence-electron chi connectivity index (χ1n) is 5.39. The van der Waals surface area contributed by atoms with Crippen LogP contribution in [0.3, 0.4) is 0 Å². The second-order valence-corrected chi connectivity index (χ2v) is 3.63. The Hall–Kier alpha value is -1.13. The first-order chi connectivity index (χ1) is 7.69. The Morgan fingerprint density at radius 1 is 1.50 bits per heavy atom. The van der Waals surface area contributed by atoms with Crippen LogP contribution in [-0.2, 0) is 6.54 Å². The van der Waals surface area contributed by atoms with E-state index in [1.165, 1.54) is 7.11 Å². The molecule has 1 rings (SSSR count). The highest BCUT2D eigenvalue weighted by atomic mass is 19.1. The van der Waals surface area contributed by atoms with Crippen molar-refractivity contribution in [2.24, 2.45) is 0 Å². The predicted octanol–water partition coefficient (Wildman–Crippen LogP) is 1.69. The van der Waals surface area contributed by atoms with Crippen LogP contribution in [0.4, 0.5) is 4.39 Å². The van der Waals surface area contributed by atoms with Crippen molar-refractivity contribution < 1.29 is 14.2 Å². The predicted molar refractivity (Wildman–Crippen MR) is 61.0 cm³/mol. The summed E-state index contributed by atoms with van der Waals surface area (Å²) in [5.74, 6) is -0.0983. The first kappa shape index (κ1) is 12.9. The average Bonchev–Trinajstić information content (AvgIpc) is 2.31. The molecule has 0 unspecified atom stereocenters. The topological polar surface area (TPSA) is 41.5 Å². The van der Waals surface area contributed by atoms with Crippen molar-refractivity contribution in [1.82, 2.24) is 5.32 Å². The Morgan fingerprint density at radius 3 is 2.88 bits per heavy atom. The van der Waals surface area contributed by atoms with Crippen molar-refractivity contribution in [3.8, 4) is 5.75 Å². The molecule has 3 nitrogen and oxygen atoms in total. The molecule has 0 saturated carbocycles. The van der Waals surface area contributed by atoms with E-state index in [-0.39, 0.29) is 17.7 Å². The molecule has 0 aliphatic heterocycles. The van der Waals surface area contributed by atoms with E-state index < -0.39 is 0 Å². The van der Waals surface area contributed by atoms with Crippen molar-refractivity contribution in [1.29, 1.82) is 0 Å². The smallest absolute Gasteiger partial charge is 0.169 e. The van der Waals surface area contributed by atoms with E-state index in [0.29, 0.717) is 25.1 Å². The largest absolute Gasteiger partial charge is 0.494 e. The molecular weight excluding hydrogens is 209 g/mol. The normalized spacial score (nSPS) is 12.5. The zero-order valence-corrected chi connectivity index (χ0v) is 9.66. The number of aliphatic hydroxyl groups is 1. The maximum Gasteiger partial charge on any atom is 0.169 e. The summed E-state index contributed by atoms with van der Waals surface area (Å²) in [6.07, 6.45) is 0.307. The lowest BCUT2D eigenvalue weighted by atomic mass is 10.2. The van der Waals surface area contributed by atoms with Crippen LogP contribution in [0.5, 0.6) is 5.75 Å². The van der Waals surface area contributed by atoms with Gasteiger partial charge in [0.25, 0.3) is 0 Å². The number of ether oxygens (including phenoxy) is 1. The van der Waals surface area contributed by atoms with Crippen LogP contribution < -0.4 is 10.1 Å². The molecule has 0 aromatic heterocycles. The molecular formula is C12H18FNO2. The highest BCUT2D eigenvalue weighted by molar-refractivity contribution is 5.30.